The van der Waals surface area contributed by atoms with Gasteiger partial charge in [-0.15, -0.1) is 0 Å². The molecule has 6 N–H and O–H groups in total. The van der Waals surface area contributed by atoms with E-state index in [9.17, 15) is 35.1 Å². The van der Waals surface area contributed by atoms with Gasteiger partial charge in [0.25, 0.3) is 0 Å². The number of unbranched alkanes of at least 4 members (excludes halogenated alkanes) is 37. The molecule has 1 saturated heterocycles. The summed E-state index contributed by atoms with van der Waals surface area (Å²) in [7, 11) is 0. The Bertz CT molecular complexity index is 1340. The van der Waals surface area contributed by atoms with E-state index in [0.717, 1.165) is 70.6 Å². The maximum absolute atomic E-state index is 13.0. The lowest BCUT2D eigenvalue weighted by molar-refractivity contribution is -0.302. The van der Waals surface area contributed by atoms with Crippen LogP contribution in [0.2, 0.25) is 0 Å². The first-order valence-electron chi connectivity index (χ1n) is 31.8. The SMILES string of the molecule is CCCCCC/C=C/CC/C=C/CC/C=C/C(O)C(COC1OC(CO)C(O)C(O)C1O)NC(=O)CCCCCCCCCCCCCCCCCCCCCCCCOC(=O)CCCCCCCCCCCCC. The van der Waals surface area contributed by atoms with Crippen LogP contribution in [0.5, 0.6) is 0 Å². The van der Waals surface area contributed by atoms with Crippen molar-refractivity contribution in [1.82, 2.24) is 5.32 Å². The number of hydrogen-bond donors (Lipinski definition) is 6. The number of carbonyl (C=O) groups is 2. The van der Waals surface area contributed by atoms with E-state index in [2.05, 4.69) is 43.5 Å². The standard InChI is InChI=1S/C64H119NO10/c1-3-5-7-9-11-13-15-16-27-31-34-38-42-46-50-57(67)56(55-74-64-63(72)62(71)61(70)58(54-66)75-64)65-59(68)51-47-43-39-35-32-28-25-23-21-19-17-18-20-22-24-26-29-33-37-41-45-49-53-73-60(69)52-48-44-40-36-30-14-12-10-8-6-4-2/h13,15,31,34,46,50,56-58,61-64,66-67,70-72H,3-12,14,16-30,32-33,35-45,47-49,51-55H2,1-2H3,(H,65,68)/b15-13+,34-31+,50-46+. The van der Waals surface area contributed by atoms with Crippen LogP contribution in [0.25, 0.3) is 0 Å². The zero-order valence-corrected chi connectivity index (χ0v) is 48.5. The fraction of sp³-hybridized carbons (Fsp3) is 0.875. The van der Waals surface area contributed by atoms with E-state index in [1.807, 2.05) is 6.08 Å². The summed E-state index contributed by atoms with van der Waals surface area (Å²) in [5.41, 5.74) is 0. The van der Waals surface area contributed by atoms with Gasteiger partial charge < -0.3 is 45.1 Å². The van der Waals surface area contributed by atoms with Crippen molar-refractivity contribution in [2.24, 2.45) is 0 Å². The van der Waals surface area contributed by atoms with E-state index < -0.39 is 49.5 Å². The number of allylic oxidation sites excluding steroid dienone is 5. The number of aliphatic hydroxyl groups is 5. The fourth-order valence-corrected chi connectivity index (χ4v) is 9.94. The summed E-state index contributed by atoms with van der Waals surface area (Å²) >= 11 is 0. The Morgan fingerprint density at radius 2 is 0.867 bits per heavy atom. The molecule has 0 bridgehead atoms. The molecule has 1 aliphatic heterocycles. The number of esters is 1. The van der Waals surface area contributed by atoms with Gasteiger partial charge in [0, 0.05) is 12.8 Å². The van der Waals surface area contributed by atoms with Crippen LogP contribution in [-0.2, 0) is 23.8 Å². The number of aliphatic hydroxyl groups excluding tert-OH is 5. The smallest absolute Gasteiger partial charge is 0.305 e. The van der Waals surface area contributed by atoms with Crippen molar-refractivity contribution in [3.8, 4) is 0 Å². The van der Waals surface area contributed by atoms with Crippen LogP contribution in [0.15, 0.2) is 36.5 Å². The predicted molar refractivity (Wildman–Crippen MR) is 311 cm³/mol. The van der Waals surface area contributed by atoms with Gasteiger partial charge in [-0.3, -0.25) is 9.59 Å². The minimum Gasteiger partial charge on any atom is -0.466 e. The van der Waals surface area contributed by atoms with Gasteiger partial charge >= 0.3 is 5.97 Å². The number of carbonyl (C=O) groups excluding carboxylic acids is 2. The topological polar surface area (TPSA) is 175 Å². The van der Waals surface area contributed by atoms with Crippen LogP contribution in [0, 0.1) is 0 Å². The van der Waals surface area contributed by atoms with E-state index in [1.165, 1.54) is 199 Å². The molecule has 1 rings (SSSR count). The second-order valence-corrected chi connectivity index (χ2v) is 22.1. The van der Waals surface area contributed by atoms with Gasteiger partial charge in [0.1, 0.15) is 24.4 Å². The van der Waals surface area contributed by atoms with Gasteiger partial charge in [-0.05, 0) is 57.8 Å². The zero-order valence-electron chi connectivity index (χ0n) is 48.5. The van der Waals surface area contributed by atoms with Gasteiger partial charge in [-0.1, -0.05) is 262 Å². The minimum atomic E-state index is -1.58. The van der Waals surface area contributed by atoms with Crippen LogP contribution >= 0.6 is 0 Å². The van der Waals surface area contributed by atoms with Crippen LogP contribution in [-0.4, -0.2) is 100 Å². The summed E-state index contributed by atoms with van der Waals surface area (Å²) in [5.74, 6) is -0.196. The monoisotopic (exact) mass is 1060 g/mol. The van der Waals surface area contributed by atoms with Crippen molar-refractivity contribution < 1.29 is 49.3 Å². The summed E-state index contributed by atoms with van der Waals surface area (Å²) in [4.78, 5) is 25.1. The summed E-state index contributed by atoms with van der Waals surface area (Å²) < 4.78 is 16.7. The fourth-order valence-electron chi connectivity index (χ4n) is 9.94. The molecule has 1 aliphatic rings. The number of nitrogens with one attached hydrogen (secondary N) is 1. The van der Waals surface area contributed by atoms with E-state index in [1.54, 1.807) is 6.08 Å². The number of ether oxygens (including phenoxy) is 3. The molecular weight excluding hydrogens is 943 g/mol. The summed E-state index contributed by atoms with van der Waals surface area (Å²) in [6.45, 7) is 4.31. The van der Waals surface area contributed by atoms with Crippen LogP contribution in [0.4, 0.5) is 0 Å². The minimum absolute atomic E-state index is 0.000189. The molecule has 1 heterocycles. The summed E-state index contributed by atoms with van der Waals surface area (Å²) in [6.07, 6.45) is 56.7. The highest BCUT2D eigenvalue weighted by Crippen LogP contribution is 2.23. The lowest BCUT2D eigenvalue weighted by atomic mass is 9.99. The lowest BCUT2D eigenvalue weighted by Crippen LogP contribution is -2.60. The number of rotatable bonds is 55. The first kappa shape index (κ1) is 70.9. The first-order chi connectivity index (χ1) is 36.7. The van der Waals surface area contributed by atoms with Crippen molar-refractivity contribution in [2.75, 3.05) is 19.8 Å². The third-order valence-electron chi connectivity index (χ3n) is 15.0. The molecular formula is C64H119NO10. The summed E-state index contributed by atoms with van der Waals surface area (Å²) in [6, 6.07) is -0.835. The molecule has 7 unspecified atom stereocenters. The average molecular weight is 1060 g/mol. The molecule has 75 heavy (non-hydrogen) atoms. The molecule has 0 saturated carbocycles. The van der Waals surface area contributed by atoms with Gasteiger partial charge in [-0.2, -0.15) is 0 Å². The molecule has 0 radical (unpaired) electrons. The lowest BCUT2D eigenvalue weighted by Gasteiger charge is -2.40. The zero-order chi connectivity index (χ0) is 54.5. The molecule has 0 aromatic heterocycles. The van der Waals surface area contributed by atoms with E-state index in [0.29, 0.717) is 19.4 Å². The molecule has 1 fully saturated rings. The highest BCUT2D eigenvalue weighted by atomic mass is 16.7. The van der Waals surface area contributed by atoms with Crippen molar-refractivity contribution in [1.29, 1.82) is 0 Å². The van der Waals surface area contributed by atoms with Crippen LogP contribution < -0.4 is 5.32 Å². The highest BCUT2D eigenvalue weighted by molar-refractivity contribution is 5.76. The molecule has 0 aliphatic carbocycles. The third kappa shape index (κ3) is 43.4. The van der Waals surface area contributed by atoms with Crippen molar-refractivity contribution in [3.05, 3.63) is 36.5 Å². The average Bonchev–Trinajstić information content (AvgIpc) is 3.41. The normalized spacial score (nSPS) is 18.9. The molecule has 7 atom stereocenters. The van der Waals surface area contributed by atoms with Crippen LogP contribution in [0.1, 0.15) is 296 Å². The number of hydrogen-bond acceptors (Lipinski definition) is 10. The Morgan fingerprint density at radius 3 is 1.32 bits per heavy atom. The quantitative estimate of drug-likeness (QED) is 0.0195. The van der Waals surface area contributed by atoms with Crippen LogP contribution in [0.3, 0.4) is 0 Å². The third-order valence-corrected chi connectivity index (χ3v) is 15.0. The highest BCUT2D eigenvalue weighted by Gasteiger charge is 2.44. The van der Waals surface area contributed by atoms with Gasteiger partial charge in [0.05, 0.1) is 32.0 Å². The van der Waals surface area contributed by atoms with Crippen molar-refractivity contribution in [2.45, 2.75) is 339 Å². The summed E-state index contributed by atoms with van der Waals surface area (Å²) in [5, 5.41) is 54.4. The maximum atomic E-state index is 13.0. The Labute approximate surface area is 460 Å². The predicted octanol–water partition coefficient (Wildman–Crippen LogP) is 15.1. The Morgan fingerprint density at radius 1 is 0.480 bits per heavy atom. The molecule has 0 aromatic rings. The van der Waals surface area contributed by atoms with Gasteiger partial charge in [0.15, 0.2) is 6.29 Å². The Balaban J connectivity index is 2.06. The molecule has 440 valence electrons. The molecule has 0 spiro atoms. The van der Waals surface area contributed by atoms with E-state index >= 15 is 0 Å². The first-order valence-corrected chi connectivity index (χ1v) is 31.8. The molecule has 11 heteroatoms. The van der Waals surface area contributed by atoms with Crippen molar-refractivity contribution in [3.63, 3.8) is 0 Å². The Kier molecular flexibility index (Phi) is 50.9. The molecule has 1 amide bonds. The van der Waals surface area contributed by atoms with Gasteiger partial charge in [0.2, 0.25) is 5.91 Å². The second-order valence-electron chi connectivity index (χ2n) is 22.1. The molecule has 0 aromatic carbocycles. The molecule has 11 nitrogen and oxygen atoms in total. The van der Waals surface area contributed by atoms with Gasteiger partial charge in [-0.25, -0.2) is 0 Å². The second kappa shape index (κ2) is 53.9. The van der Waals surface area contributed by atoms with E-state index in [4.69, 9.17) is 14.2 Å². The van der Waals surface area contributed by atoms with Crippen molar-refractivity contribution >= 4 is 11.9 Å². The van der Waals surface area contributed by atoms with E-state index in [-0.39, 0.29) is 18.5 Å². The maximum Gasteiger partial charge on any atom is 0.305 e. The number of amides is 1. The largest absolute Gasteiger partial charge is 0.466 e. The Hall–Kier alpha value is -2.12.